The van der Waals surface area contributed by atoms with Gasteiger partial charge in [-0.05, 0) is 20.4 Å². The van der Waals surface area contributed by atoms with E-state index in [-0.39, 0.29) is 4.90 Å². The lowest BCUT2D eigenvalue weighted by atomic mass is 10.3. The first-order chi connectivity index (χ1) is 9.95. The van der Waals surface area contributed by atoms with Gasteiger partial charge in [-0.15, -0.1) is 0 Å². The standard InChI is InChI=1S/C12H20N6O2S/c1-4-13-7-10-11(8(2)16-17-10)21(19,20)18-9(3)12-14-5-6-15-12/h5-6,9,13,18H,4,7H2,1-3H3,(H,14,15)(H,16,17). The fourth-order valence-electron chi connectivity index (χ4n) is 2.05. The third-order valence-electron chi connectivity index (χ3n) is 3.03. The van der Waals surface area contributed by atoms with Crippen LogP contribution in [0.4, 0.5) is 0 Å². The quantitative estimate of drug-likeness (QED) is 0.597. The molecule has 9 heteroatoms. The molecule has 2 heterocycles. The first kappa shape index (κ1) is 15.7. The van der Waals surface area contributed by atoms with E-state index in [1.807, 2.05) is 6.92 Å². The number of aryl methyl sites for hydroxylation is 1. The van der Waals surface area contributed by atoms with Crippen molar-refractivity contribution >= 4 is 10.0 Å². The van der Waals surface area contributed by atoms with Gasteiger partial charge in [0, 0.05) is 18.9 Å². The van der Waals surface area contributed by atoms with Crippen LogP contribution >= 0.6 is 0 Å². The number of sulfonamides is 1. The molecule has 0 aliphatic rings. The number of nitrogens with zero attached hydrogens (tertiary/aromatic N) is 2. The maximum Gasteiger partial charge on any atom is 0.244 e. The maximum atomic E-state index is 12.6. The van der Waals surface area contributed by atoms with Crippen LogP contribution in [0.5, 0.6) is 0 Å². The van der Waals surface area contributed by atoms with Crippen LogP contribution in [0.15, 0.2) is 17.3 Å². The molecule has 0 saturated heterocycles. The minimum Gasteiger partial charge on any atom is -0.347 e. The normalized spacial score (nSPS) is 13.5. The minimum absolute atomic E-state index is 0.196. The number of rotatable bonds is 7. The lowest BCUT2D eigenvalue weighted by Crippen LogP contribution is -2.29. The van der Waals surface area contributed by atoms with Crippen LogP contribution in [-0.4, -0.2) is 35.1 Å². The first-order valence-electron chi connectivity index (χ1n) is 6.72. The van der Waals surface area contributed by atoms with Gasteiger partial charge < -0.3 is 10.3 Å². The summed E-state index contributed by atoms with van der Waals surface area (Å²) < 4.78 is 27.7. The van der Waals surface area contributed by atoms with Crippen LogP contribution in [0.2, 0.25) is 0 Å². The first-order valence-corrected chi connectivity index (χ1v) is 8.20. The minimum atomic E-state index is -3.68. The molecule has 0 fully saturated rings. The predicted octanol–water partition coefficient (Wildman–Crippen LogP) is 0.590. The molecule has 8 nitrogen and oxygen atoms in total. The van der Waals surface area contributed by atoms with Crippen molar-refractivity contribution in [3.8, 4) is 0 Å². The molecule has 4 N–H and O–H groups in total. The Balaban J connectivity index is 2.25. The number of hydrogen-bond acceptors (Lipinski definition) is 5. The van der Waals surface area contributed by atoms with Gasteiger partial charge in [-0.25, -0.2) is 18.1 Å². The molecule has 2 aromatic rings. The van der Waals surface area contributed by atoms with E-state index in [9.17, 15) is 8.42 Å². The Morgan fingerprint density at radius 1 is 1.43 bits per heavy atom. The lowest BCUT2D eigenvalue weighted by molar-refractivity contribution is 0.558. The molecule has 2 aromatic heterocycles. The number of imidazole rings is 1. The molecule has 0 aromatic carbocycles. The topological polar surface area (TPSA) is 116 Å². The maximum absolute atomic E-state index is 12.6. The van der Waals surface area contributed by atoms with Crippen LogP contribution in [0.3, 0.4) is 0 Å². The lowest BCUT2D eigenvalue weighted by Gasteiger charge is -2.13. The van der Waals surface area contributed by atoms with E-state index >= 15 is 0 Å². The molecule has 0 aliphatic carbocycles. The van der Waals surface area contributed by atoms with Crippen molar-refractivity contribution in [2.75, 3.05) is 6.54 Å². The third-order valence-corrected chi connectivity index (χ3v) is 4.78. The summed E-state index contributed by atoms with van der Waals surface area (Å²) in [5, 5.41) is 9.87. The van der Waals surface area contributed by atoms with Crippen LogP contribution < -0.4 is 10.0 Å². The number of aromatic amines is 2. The zero-order valence-corrected chi connectivity index (χ0v) is 13.1. The molecule has 1 atom stereocenters. The summed E-state index contributed by atoms with van der Waals surface area (Å²) in [5.74, 6) is 0.563. The SMILES string of the molecule is CCNCc1n[nH]c(C)c1S(=O)(=O)NC(C)c1ncc[nH]1. The number of H-pyrrole nitrogens is 2. The van der Waals surface area contributed by atoms with Gasteiger partial charge >= 0.3 is 0 Å². The molecule has 2 rings (SSSR count). The van der Waals surface area contributed by atoms with E-state index in [1.54, 1.807) is 26.2 Å². The highest BCUT2D eigenvalue weighted by atomic mass is 32.2. The highest BCUT2D eigenvalue weighted by Gasteiger charge is 2.26. The zero-order chi connectivity index (χ0) is 15.5. The van der Waals surface area contributed by atoms with Gasteiger partial charge in [0.1, 0.15) is 10.7 Å². The highest BCUT2D eigenvalue weighted by molar-refractivity contribution is 7.89. The Morgan fingerprint density at radius 2 is 2.19 bits per heavy atom. The largest absolute Gasteiger partial charge is 0.347 e. The number of nitrogens with one attached hydrogen (secondary N) is 4. The van der Waals surface area contributed by atoms with E-state index < -0.39 is 16.1 Å². The highest BCUT2D eigenvalue weighted by Crippen LogP contribution is 2.20. The summed E-state index contributed by atoms with van der Waals surface area (Å²) in [6, 6.07) is -0.453. The van der Waals surface area contributed by atoms with Gasteiger partial charge in [-0.1, -0.05) is 6.92 Å². The van der Waals surface area contributed by atoms with Crippen molar-refractivity contribution < 1.29 is 8.42 Å². The van der Waals surface area contributed by atoms with Gasteiger partial charge in [0.2, 0.25) is 10.0 Å². The fourth-order valence-corrected chi connectivity index (χ4v) is 3.62. The van der Waals surface area contributed by atoms with Crippen molar-refractivity contribution in [1.29, 1.82) is 0 Å². The summed E-state index contributed by atoms with van der Waals surface area (Å²) in [6.45, 7) is 6.50. The van der Waals surface area contributed by atoms with Gasteiger partial charge in [0.15, 0.2) is 0 Å². The van der Waals surface area contributed by atoms with E-state index in [0.29, 0.717) is 23.8 Å². The van der Waals surface area contributed by atoms with Crippen molar-refractivity contribution in [2.24, 2.45) is 0 Å². The monoisotopic (exact) mass is 312 g/mol. The molecule has 0 aliphatic heterocycles. The summed E-state index contributed by atoms with van der Waals surface area (Å²) in [6.07, 6.45) is 3.24. The van der Waals surface area contributed by atoms with Gasteiger partial charge in [-0.3, -0.25) is 5.10 Å². The van der Waals surface area contributed by atoms with Crippen LogP contribution in [0.25, 0.3) is 0 Å². The second-order valence-corrected chi connectivity index (χ2v) is 6.37. The van der Waals surface area contributed by atoms with E-state index in [2.05, 4.69) is 30.2 Å². The van der Waals surface area contributed by atoms with Crippen molar-refractivity contribution in [3.05, 3.63) is 29.6 Å². The Bertz CT molecular complexity index is 677. The van der Waals surface area contributed by atoms with Crippen molar-refractivity contribution in [1.82, 2.24) is 30.2 Å². The fraction of sp³-hybridized carbons (Fsp3) is 0.500. The Labute approximate surface area is 123 Å². The summed E-state index contributed by atoms with van der Waals surface area (Å²) in [5.41, 5.74) is 0.996. The average Bonchev–Trinajstić information content (AvgIpc) is 3.05. The summed E-state index contributed by atoms with van der Waals surface area (Å²) >= 11 is 0. The smallest absolute Gasteiger partial charge is 0.244 e. The molecule has 1 unspecified atom stereocenters. The van der Waals surface area contributed by atoms with Gasteiger partial charge in [0.05, 0.1) is 17.4 Å². The Hall–Kier alpha value is -1.71. The zero-order valence-electron chi connectivity index (χ0n) is 12.3. The third kappa shape index (κ3) is 3.49. The summed E-state index contributed by atoms with van der Waals surface area (Å²) in [4.78, 5) is 7.15. The van der Waals surface area contributed by atoms with Crippen molar-refractivity contribution in [2.45, 2.75) is 38.3 Å². The second-order valence-electron chi connectivity index (χ2n) is 4.72. The average molecular weight is 312 g/mol. The van der Waals surface area contributed by atoms with Crippen LogP contribution in [0, 0.1) is 6.92 Å². The molecule has 0 saturated carbocycles. The Kier molecular flexibility index (Phi) is 4.76. The molecule has 0 spiro atoms. The van der Waals surface area contributed by atoms with E-state index in [4.69, 9.17) is 0 Å². The Morgan fingerprint density at radius 3 is 2.81 bits per heavy atom. The van der Waals surface area contributed by atoms with Gasteiger partial charge in [0.25, 0.3) is 0 Å². The molecular formula is C12H20N6O2S. The molecule has 116 valence electrons. The number of aromatic nitrogens is 4. The van der Waals surface area contributed by atoms with Crippen LogP contribution in [0.1, 0.15) is 37.1 Å². The van der Waals surface area contributed by atoms with E-state index in [1.165, 1.54) is 0 Å². The molecular weight excluding hydrogens is 292 g/mol. The predicted molar refractivity (Wildman–Crippen MR) is 78.0 cm³/mol. The van der Waals surface area contributed by atoms with Crippen LogP contribution in [-0.2, 0) is 16.6 Å². The second kappa shape index (κ2) is 6.37. The number of hydrogen-bond donors (Lipinski definition) is 4. The molecule has 0 radical (unpaired) electrons. The molecule has 21 heavy (non-hydrogen) atoms. The summed E-state index contributed by atoms with van der Waals surface area (Å²) in [7, 11) is -3.68. The molecule has 0 bridgehead atoms. The van der Waals surface area contributed by atoms with Crippen molar-refractivity contribution in [3.63, 3.8) is 0 Å². The van der Waals surface area contributed by atoms with E-state index in [0.717, 1.165) is 6.54 Å². The van der Waals surface area contributed by atoms with Gasteiger partial charge in [-0.2, -0.15) is 5.10 Å². The molecule has 0 amide bonds.